The molecule has 2 rings (SSSR count). The van der Waals surface area contributed by atoms with Gasteiger partial charge in [-0.05, 0) is 47.1 Å². The zero-order valence-corrected chi connectivity index (χ0v) is 14.4. The smallest absolute Gasteiger partial charge is 0.253 e. The third-order valence-corrected chi connectivity index (χ3v) is 7.88. The molecule has 1 N–H and O–H groups in total. The van der Waals surface area contributed by atoms with Gasteiger partial charge in [-0.15, -0.1) is 11.3 Å². The molecule has 0 spiro atoms. The Morgan fingerprint density at radius 1 is 1.50 bits per heavy atom. The zero-order chi connectivity index (χ0) is 14.8. The maximum atomic E-state index is 12.5. The van der Waals surface area contributed by atoms with Gasteiger partial charge in [-0.1, -0.05) is 0 Å². The lowest BCUT2D eigenvalue weighted by Gasteiger charge is -2.30. The van der Waals surface area contributed by atoms with Crippen molar-refractivity contribution in [3.8, 4) is 0 Å². The van der Waals surface area contributed by atoms with Crippen LogP contribution in [0.15, 0.2) is 20.1 Å². The Labute approximate surface area is 131 Å². The molecule has 8 heteroatoms. The molecule has 1 amide bonds. The summed E-state index contributed by atoms with van der Waals surface area (Å²) in [6.07, 6.45) is 1.15. The number of piperidine rings is 1. The van der Waals surface area contributed by atoms with E-state index in [1.54, 1.807) is 11.4 Å². The van der Waals surface area contributed by atoms with E-state index in [1.807, 2.05) is 6.92 Å². The van der Waals surface area contributed by atoms with Crippen LogP contribution in [0.5, 0.6) is 0 Å². The van der Waals surface area contributed by atoms with Gasteiger partial charge in [0.05, 0.1) is 0 Å². The largest absolute Gasteiger partial charge is 0.356 e. The molecule has 0 aliphatic carbocycles. The molecule has 0 aromatic carbocycles. The summed E-state index contributed by atoms with van der Waals surface area (Å²) in [6, 6.07) is 1.74. The fraction of sp³-hybridized carbons (Fsp3) is 0.583. The number of nitrogens with zero attached hydrogens (tertiary/aromatic N) is 1. The topological polar surface area (TPSA) is 66.5 Å². The Morgan fingerprint density at radius 3 is 2.65 bits per heavy atom. The first kappa shape index (κ1) is 15.9. The van der Waals surface area contributed by atoms with Crippen LogP contribution < -0.4 is 5.32 Å². The highest BCUT2D eigenvalue weighted by Gasteiger charge is 2.33. The van der Waals surface area contributed by atoms with Crippen molar-refractivity contribution in [3.63, 3.8) is 0 Å². The summed E-state index contributed by atoms with van der Waals surface area (Å²) < 4.78 is 27.4. The van der Waals surface area contributed by atoms with Crippen LogP contribution in [0.25, 0.3) is 0 Å². The second kappa shape index (κ2) is 6.55. The predicted molar refractivity (Wildman–Crippen MR) is 82.2 cm³/mol. The molecule has 5 nitrogen and oxygen atoms in total. The Hall–Kier alpha value is -0.440. The van der Waals surface area contributed by atoms with Crippen LogP contribution >= 0.6 is 27.3 Å². The monoisotopic (exact) mass is 380 g/mol. The first-order valence-corrected chi connectivity index (χ1v) is 9.59. The highest BCUT2D eigenvalue weighted by atomic mass is 79.9. The van der Waals surface area contributed by atoms with E-state index in [0.717, 1.165) is 0 Å². The second-order valence-electron chi connectivity index (χ2n) is 4.63. The first-order valence-electron chi connectivity index (χ1n) is 6.47. The Morgan fingerprint density at radius 2 is 2.15 bits per heavy atom. The summed E-state index contributed by atoms with van der Waals surface area (Å²) >= 11 is 4.47. The summed E-state index contributed by atoms with van der Waals surface area (Å²) in [6.45, 7) is 3.29. The molecular weight excluding hydrogens is 364 g/mol. The van der Waals surface area contributed by atoms with Gasteiger partial charge >= 0.3 is 0 Å². The van der Waals surface area contributed by atoms with Gasteiger partial charge in [-0.3, -0.25) is 4.79 Å². The fourth-order valence-electron chi connectivity index (χ4n) is 2.26. The van der Waals surface area contributed by atoms with Gasteiger partial charge in [-0.2, -0.15) is 4.31 Å². The zero-order valence-electron chi connectivity index (χ0n) is 11.1. The van der Waals surface area contributed by atoms with Crippen molar-refractivity contribution in [2.75, 3.05) is 19.6 Å². The van der Waals surface area contributed by atoms with Crippen LogP contribution in [0.1, 0.15) is 19.8 Å². The molecule has 2 heterocycles. The van der Waals surface area contributed by atoms with Crippen LogP contribution in [-0.4, -0.2) is 38.3 Å². The molecule has 1 aliphatic heterocycles. The van der Waals surface area contributed by atoms with Crippen molar-refractivity contribution in [2.24, 2.45) is 5.92 Å². The first-order chi connectivity index (χ1) is 9.46. The third kappa shape index (κ3) is 3.24. The normalized spacial score (nSPS) is 18.1. The van der Waals surface area contributed by atoms with Crippen LogP contribution in [0.2, 0.25) is 0 Å². The van der Waals surface area contributed by atoms with E-state index in [-0.39, 0.29) is 11.8 Å². The average Bonchev–Trinajstić information content (AvgIpc) is 2.86. The standard InChI is InChI=1S/C12H17BrN2O3S2/c1-2-14-11(16)9-3-6-15(7-4-9)20(17,18)12-10(13)5-8-19-12/h5,8-9H,2-4,6-7H2,1H3,(H,14,16). The third-order valence-electron chi connectivity index (χ3n) is 3.33. The molecule has 1 saturated heterocycles. The van der Waals surface area contributed by atoms with Crippen LogP contribution in [0.4, 0.5) is 0 Å². The van der Waals surface area contributed by atoms with Gasteiger partial charge in [-0.25, -0.2) is 8.42 Å². The lowest BCUT2D eigenvalue weighted by atomic mass is 9.97. The molecule has 1 aromatic rings. The summed E-state index contributed by atoms with van der Waals surface area (Å²) in [4.78, 5) is 11.8. The Bertz CT molecular complexity index is 577. The van der Waals surface area contributed by atoms with E-state index in [0.29, 0.717) is 41.2 Å². The summed E-state index contributed by atoms with van der Waals surface area (Å²) in [5, 5.41) is 4.54. The minimum absolute atomic E-state index is 0.0295. The molecule has 1 fully saturated rings. The molecule has 0 saturated carbocycles. The Balaban J connectivity index is 2.04. The quantitative estimate of drug-likeness (QED) is 0.868. The van der Waals surface area contributed by atoms with Crippen molar-refractivity contribution in [1.29, 1.82) is 0 Å². The van der Waals surface area contributed by atoms with Crippen molar-refractivity contribution in [2.45, 2.75) is 24.0 Å². The minimum atomic E-state index is -3.44. The fourth-order valence-corrected chi connectivity index (χ4v) is 6.18. The van der Waals surface area contributed by atoms with Gasteiger partial charge < -0.3 is 5.32 Å². The number of carbonyl (C=O) groups excluding carboxylic acids is 1. The maximum Gasteiger partial charge on any atom is 0.253 e. The number of amides is 1. The predicted octanol–water partition coefficient (Wildman–Crippen LogP) is 2.05. The second-order valence-corrected chi connectivity index (χ2v) is 8.53. The Kier molecular flexibility index (Phi) is 5.22. The summed E-state index contributed by atoms with van der Waals surface area (Å²) in [5.41, 5.74) is 0. The van der Waals surface area contributed by atoms with E-state index in [1.165, 1.54) is 15.6 Å². The van der Waals surface area contributed by atoms with Crippen molar-refractivity contribution < 1.29 is 13.2 Å². The SMILES string of the molecule is CCNC(=O)C1CCN(S(=O)(=O)c2sccc2Br)CC1. The number of rotatable bonds is 4. The van der Waals surface area contributed by atoms with Gasteiger partial charge in [0, 0.05) is 30.0 Å². The average molecular weight is 381 g/mol. The molecule has 112 valence electrons. The highest BCUT2D eigenvalue weighted by molar-refractivity contribution is 9.10. The maximum absolute atomic E-state index is 12.5. The number of hydrogen-bond donors (Lipinski definition) is 1. The molecule has 0 unspecified atom stereocenters. The van der Waals surface area contributed by atoms with E-state index in [2.05, 4.69) is 21.2 Å². The number of halogens is 1. The lowest BCUT2D eigenvalue weighted by Crippen LogP contribution is -2.42. The number of hydrogen-bond acceptors (Lipinski definition) is 4. The molecule has 0 atom stereocenters. The lowest BCUT2D eigenvalue weighted by molar-refractivity contribution is -0.126. The molecule has 1 aromatic heterocycles. The highest BCUT2D eigenvalue weighted by Crippen LogP contribution is 2.32. The van der Waals surface area contributed by atoms with Crippen LogP contribution in [-0.2, 0) is 14.8 Å². The molecule has 20 heavy (non-hydrogen) atoms. The summed E-state index contributed by atoms with van der Waals surface area (Å²) in [5.74, 6) is -0.0463. The number of sulfonamides is 1. The van der Waals surface area contributed by atoms with Crippen molar-refractivity contribution >= 4 is 43.2 Å². The van der Waals surface area contributed by atoms with Crippen LogP contribution in [0, 0.1) is 5.92 Å². The van der Waals surface area contributed by atoms with E-state index in [9.17, 15) is 13.2 Å². The molecule has 1 aliphatic rings. The molecular formula is C12H17BrN2O3S2. The van der Waals surface area contributed by atoms with Gasteiger partial charge in [0.2, 0.25) is 5.91 Å². The molecule has 0 radical (unpaired) electrons. The van der Waals surface area contributed by atoms with Gasteiger partial charge in [0.1, 0.15) is 4.21 Å². The van der Waals surface area contributed by atoms with Gasteiger partial charge in [0.25, 0.3) is 10.0 Å². The number of thiophene rings is 1. The summed E-state index contributed by atoms with van der Waals surface area (Å²) in [7, 11) is -3.44. The number of carbonyl (C=O) groups is 1. The number of nitrogens with one attached hydrogen (secondary N) is 1. The van der Waals surface area contributed by atoms with Crippen molar-refractivity contribution in [3.05, 3.63) is 15.9 Å². The van der Waals surface area contributed by atoms with Gasteiger partial charge in [0.15, 0.2) is 0 Å². The van der Waals surface area contributed by atoms with E-state index >= 15 is 0 Å². The van der Waals surface area contributed by atoms with E-state index in [4.69, 9.17) is 0 Å². The van der Waals surface area contributed by atoms with Crippen molar-refractivity contribution in [1.82, 2.24) is 9.62 Å². The van der Waals surface area contributed by atoms with Crippen LogP contribution in [0.3, 0.4) is 0 Å². The van der Waals surface area contributed by atoms with E-state index < -0.39 is 10.0 Å². The molecule has 0 bridgehead atoms. The minimum Gasteiger partial charge on any atom is -0.356 e.